The normalized spacial score (nSPS) is 11.3. The smallest absolute Gasteiger partial charge is 0.216 e. The molecule has 16 rings (SSSR count). The van der Waals surface area contributed by atoms with Crippen LogP contribution in [0.25, 0.3) is 111 Å². The van der Waals surface area contributed by atoms with Gasteiger partial charge in [-0.1, -0.05) is 194 Å². The number of rotatable bonds is 10. The molecule has 8 aromatic heterocycles. The van der Waals surface area contributed by atoms with Gasteiger partial charge in [-0.15, -0.1) is 108 Å². The molecule has 16 aromatic rings. The van der Waals surface area contributed by atoms with Crippen molar-refractivity contribution in [2.45, 2.75) is 32.6 Å². The third-order valence-corrected chi connectivity index (χ3v) is 15.9. The van der Waals surface area contributed by atoms with Crippen molar-refractivity contribution >= 4 is 44.1 Å². The van der Waals surface area contributed by atoms with Gasteiger partial charge in [0.15, 0.2) is 0 Å². The molecule has 0 aliphatic rings. The molecule has 0 spiro atoms. The first-order valence-corrected chi connectivity index (χ1v) is 30.3. The molecule has 10 heteroatoms. The standard InChI is InChI=1S/C30H21N2O.C25H19N2O.C17H12N.C11H8N.2Ir/c1-20(21-9-4-2-5-10-21)26-15-16-28-29(32-26)25-14-8-13-24(30(25)33-28)27-19-23(17-18-31-27)22-11-6-3-7-12-22;1-16-13-14-26-23(15-16)21-10-6-9-19-20-11-12-22(27-25(20)28-24(19)21)17(2)18-7-4-3-5-8-18;1-2-7-14(8-3-1)15-9-6-10-16(13-15)17-11-4-5-12-18-17;1-2-6-10(7-3-1)11-8-4-5-9-12-11;;/h2-12,14-20H,1H3;3-9,11-15,17H,1-2H3;1-9,11-13H;1-6,8-9H;;/q4*-1;;. The van der Waals surface area contributed by atoms with Crippen LogP contribution < -0.4 is 0 Å². The van der Waals surface area contributed by atoms with Gasteiger partial charge in [-0.25, -0.2) is 9.97 Å². The number of hydrogen-bond donors (Lipinski definition) is 0. The fourth-order valence-corrected chi connectivity index (χ4v) is 11.0. The quantitative estimate of drug-likeness (QED) is 0.125. The first-order valence-electron chi connectivity index (χ1n) is 30.3. The first kappa shape index (κ1) is 64.1. The fraction of sp³-hybridized carbons (Fsp3) is 0.0602. The number of nitrogens with zero attached hydrogens (tertiary/aromatic N) is 6. The molecule has 0 saturated carbocycles. The molecule has 93 heavy (non-hydrogen) atoms. The summed E-state index contributed by atoms with van der Waals surface area (Å²) in [5.74, 6) is 0.391. The SMILES string of the molecule is CC(c1ccccc1)c1ccc2oc3c(-c4cc(-c5ccccc5)ccn4)[c-]ccc3c2n1.Cc1ccnc(-c2[c-]ccc3c2oc2nc(C(C)c4ccccc4)ccc23)c1.[Ir].[Ir].[c-]1ccc(-c2ccccc2)cc1-c1ccccn1.[c-]1ccccc1-c1ccccn1. The Balaban J connectivity index is 0.000000133. The molecule has 0 bridgehead atoms. The van der Waals surface area contributed by atoms with Gasteiger partial charge in [0.2, 0.25) is 5.71 Å². The van der Waals surface area contributed by atoms with Gasteiger partial charge < -0.3 is 28.8 Å². The number of fused-ring (bicyclic) bond motifs is 6. The summed E-state index contributed by atoms with van der Waals surface area (Å²) < 4.78 is 12.5. The summed E-state index contributed by atoms with van der Waals surface area (Å²) in [4.78, 5) is 27.6. The van der Waals surface area contributed by atoms with Crippen molar-refractivity contribution in [2.75, 3.05) is 0 Å². The molecule has 8 nitrogen and oxygen atoms in total. The molecular formula is C83H60Ir2N6O2-4. The summed E-state index contributed by atoms with van der Waals surface area (Å²) in [6, 6.07) is 105. The zero-order chi connectivity index (χ0) is 61.7. The van der Waals surface area contributed by atoms with Crippen LogP contribution in [-0.2, 0) is 40.2 Å². The Bertz CT molecular complexity index is 4950. The second-order valence-corrected chi connectivity index (χ2v) is 21.9. The second kappa shape index (κ2) is 30.6. The molecule has 8 heterocycles. The maximum Gasteiger partial charge on any atom is 0.216 e. The van der Waals surface area contributed by atoms with Crippen LogP contribution >= 0.6 is 0 Å². The third-order valence-electron chi connectivity index (χ3n) is 15.9. The van der Waals surface area contributed by atoms with E-state index in [4.69, 9.17) is 18.8 Å². The van der Waals surface area contributed by atoms with Gasteiger partial charge in [0.1, 0.15) is 5.58 Å². The van der Waals surface area contributed by atoms with E-state index in [1.54, 1.807) is 12.4 Å². The first-order chi connectivity index (χ1) is 44.9. The molecule has 2 radical (unpaired) electrons. The monoisotopic (exact) mass is 1560 g/mol. The predicted octanol–water partition coefficient (Wildman–Crippen LogP) is 20.7. The molecule has 2 atom stereocenters. The van der Waals surface area contributed by atoms with Gasteiger partial charge in [0.05, 0.1) is 22.4 Å². The molecular weight excluding hydrogens is 1500 g/mol. The Labute approximate surface area is 568 Å². The van der Waals surface area contributed by atoms with Crippen molar-refractivity contribution in [3.8, 4) is 67.3 Å². The van der Waals surface area contributed by atoms with Crippen LogP contribution in [0.5, 0.6) is 0 Å². The Kier molecular flexibility index (Phi) is 21.1. The largest absolute Gasteiger partial charge is 0.499 e. The number of hydrogen-bond acceptors (Lipinski definition) is 8. The maximum absolute atomic E-state index is 6.29. The number of pyridine rings is 6. The van der Waals surface area contributed by atoms with Gasteiger partial charge in [0, 0.05) is 87.9 Å². The minimum atomic E-state index is 0. The van der Waals surface area contributed by atoms with E-state index >= 15 is 0 Å². The second-order valence-electron chi connectivity index (χ2n) is 21.9. The van der Waals surface area contributed by atoms with Crippen LogP contribution in [0.1, 0.15) is 53.8 Å². The number of benzene rings is 8. The minimum absolute atomic E-state index is 0. The Morgan fingerprint density at radius 1 is 0.344 bits per heavy atom. The van der Waals surface area contributed by atoms with E-state index in [1.807, 2.05) is 170 Å². The Hall–Kier alpha value is -10.4. The van der Waals surface area contributed by atoms with Crippen molar-refractivity contribution in [3.63, 3.8) is 0 Å². The van der Waals surface area contributed by atoms with Crippen molar-refractivity contribution < 1.29 is 49.0 Å². The van der Waals surface area contributed by atoms with Crippen LogP contribution in [0, 0.1) is 31.2 Å². The summed E-state index contributed by atoms with van der Waals surface area (Å²) >= 11 is 0. The van der Waals surface area contributed by atoms with Crippen LogP contribution in [0.15, 0.2) is 307 Å². The average molecular weight is 1560 g/mol. The van der Waals surface area contributed by atoms with Crippen molar-refractivity contribution in [3.05, 3.63) is 350 Å². The molecule has 8 aromatic carbocycles. The van der Waals surface area contributed by atoms with Crippen LogP contribution in [0.2, 0.25) is 0 Å². The van der Waals surface area contributed by atoms with Crippen molar-refractivity contribution in [1.82, 2.24) is 29.9 Å². The number of furan rings is 2. The molecule has 456 valence electrons. The topological polar surface area (TPSA) is 104 Å². The van der Waals surface area contributed by atoms with Crippen LogP contribution in [0.4, 0.5) is 0 Å². The third kappa shape index (κ3) is 15.0. The number of aryl methyl sites for hydroxylation is 1. The maximum atomic E-state index is 6.29. The van der Waals surface area contributed by atoms with Crippen LogP contribution in [-0.4, -0.2) is 29.9 Å². The molecule has 0 N–H and O–H groups in total. The van der Waals surface area contributed by atoms with E-state index in [9.17, 15) is 0 Å². The molecule has 0 aliphatic heterocycles. The average Bonchev–Trinajstić information content (AvgIpc) is 1.65. The van der Waals surface area contributed by atoms with E-state index in [1.165, 1.54) is 22.3 Å². The van der Waals surface area contributed by atoms with Gasteiger partial charge in [-0.05, 0) is 111 Å². The van der Waals surface area contributed by atoms with E-state index in [0.717, 1.165) is 112 Å². The molecule has 0 aliphatic carbocycles. The minimum Gasteiger partial charge on any atom is -0.499 e. The van der Waals surface area contributed by atoms with Gasteiger partial charge in [-0.3, -0.25) is 0 Å². The summed E-state index contributed by atoms with van der Waals surface area (Å²) in [5, 5.41) is 3.04. The number of aromatic nitrogens is 6. The van der Waals surface area contributed by atoms with E-state index in [2.05, 4.69) is 180 Å². The summed E-state index contributed by atoms with van der Waals surface area (Å²) in [5.41, 5.74) is 21.6. The van der Waals surface area contributed by atoms with Crippen molar-refractivity contribution in [1.29, 1.82) is 0 Å². The van der Waals surface area contributed by atoms with E-state index in [0.29, 0.717) is 5.71 Å². The summed E-state index contributed by atoms with van der Waals surface area (Å²) in [6.07, 6.45) is 7.25. The Morgan fingerprint density at radius 2 is 0.849 bits per heavy atom. The zero-order valence-corrected chi connectivity index (χ0v) is 55.9. The van der Waals surface area contributed by atoms with E-state index in [-0.39, 0.29) is 52.0 Å². The van der Waals surface area contributed by atoms with Gasteiger partial charge in [0.25, 0.3) is 0 Å². The molecule has 0 fully saturated rings. The predicted molar refractivity (Wildman–Crippen MR) is 368 cm³/mol. The summed E-state index contributed by atoms with van der Waals surface area (Å²) in [6.45, 7) is 6.41. The molecule has 0 saturated heterocycles. The molecule has 2 unspecified atom stereocenters. The fourth-order valence-electron chi connectivity index (χ4n) is 11.0. The van der Waals surface area contributed by atoms with Gasteiger partial charge in [-0.2, -0.15) is 0 Å². The van der Waals surface area contributed by atoms with Crippen LogP contribution in [0.3, 0.4) is 0 Å². The van der Waals surface area contributed by atoms with Gasteiger partial charge >= 0.3 is 0 Å². The van der Waals surface area contributed by atoms with Crippen molar-refractivity contribution in [2.24, 2.45) is 0 Å². The Morgan fingerprint density at radius 3 is 1.45 bits per heavy atom. The zero-order valence-electron chi connectivity index (χ0n) is 51.1. The molecule has 0 amide bonds. The van der Waals surface area contributed by atoms with E-state index < -0.39 is 0 Å². The summed E-state index contributed by atoms with van der Waals surface area (Å²) in [7, 11) is 0.